The van der Waals surface area contributed by atoms with Crippen molar-refractivity contribution in [3.05, 3.63) is 0 Å². The number of rotatable bonds is 6. The first-order chi connectivity index (χ1) is 5.48. The number of hydrogen-bond acceptors (Lipinski definition) is 2. The van der Waals surface area contributed by atoms with Crippen molar-refractivity contribution in [3.63, 3.8) is 0 Å². The van der Waals surface area contributed by atoms with Crippen molar-refractivity contribution in [2.45, 2.75) is 25.8 Å². The number of nitrogens with zero attached hydrogens (tertiary/aromatic N) is 1. The molecule has 1 N–H and O–H groups in total. The Morgan fingerprint density at radius 2 is 1.92 bits per heavy atom. The lowest BCUT2D eigenvalue weighted by Crippen LogP contribution is -2.42. The second-order valence-electron chi connectivity index (χ2n) is 4.10. The van der Waals surface area contributed by atoms with Crippen LogP contribution in [0.15, 0.2) is 0 Å². The van der Waals surface area contributed by atoms with E-state index in [0.717, 1.165) is 13.1 Å². The van der Waals surface area contributed by atoms with Crippen molar-refractivity contribution in [3.8, 4) is 0 Å². The summed E-state index contributed by atoms with van der Waals surface area (Å²) < 4.78 is 0. The van der Waals surface area contributed by atoms with Gasteiger partial charge in [-0.2, -0.15) is 0 Å². The number of nitrogens with one attached hydrogen (secondary N) is 1. The van der Waals surface area contributed by atoms with E-state index in [4.69, 9.17) is 11.6 Å². The molecule has 0 aliphatic heterocycles. The summed E-state index contributed by atoms with van der Waals surface area (Å²) in [7, 11) is 4.18. The van der Waals surface area contributed by atoms with E-state index in [1.807, 2.05) is 0 Å². The molecule has 0 aliphatic carbocycles. The first-order valence-corrected chi connectivity index (χ1v) is 4.97. The molecule has 0 rings (SSSR count). The van der Waals surface area contributed by atoms with Crippen LogP contribution in [-0.4, -0.2) is 43.5 Å². The molecule has 0 unspecified atom stereocenters. The zero-order chi connectivity index (χ0) is 9.61. The van der Waals surface area contributed by atoms with Gasteiger partial charge in [0.2, 0.25) is 0 Å². The molecule has 0 amide bonds. The van der Waals surface area contributed by atoms with Crippen LogP contribution in [0.25, 0.3) is 0 Å². The third-order valence-electron chi connectivity index (χ3n) is 1.72. The van der Waals surface area contributed by atoms with Gasteiger partial charge in [-0.15, -0.1) is 11.6 Å². The summed E-state index contributed by atoms with van der Waals surface area (Å²) in [6.45, 7) is 6.41. The van der Waals surface area contributed by atoms with E-state index in [1.54, 1.807) is 0 Å². The largest absolute Gasteiger partial charge is 0.311 e. The van der Waals surface area contributed by atoms with Crippen LogP contribution >= 0.6 is 11.6 Å². The van der Waals surface area contributed by atoms with E-state index in [2.05, 4.69) is 38.2 Å². The van der Waals surface area contributed by atoms with Gasteiger partial charge in [0.15, 0.2) is 0 Å². The Hall–Kier alpha value is 0.210. The van der Waals surface area contributed by atoms with Crippen molar-refractivity contribution in [2.24, 2.45) is 0 Å². The molecular weight excluding hydrogens is 172 g/mol. The van der Waals surface area contributed by atoms with Crippen molar-refractivity contribution in [2.75, 3.05) is 33.1 Å². The Morgan fingerprint density at radius 1 is 1.33 bits per heavy atom. The van der Waals surface area contributed by atoms with Crippen molar-refractivity contribution < 1.29 is 0 Å². The van der Waals surface area contributed by atoms with Crippen LogP contribution in [0.5, 0.6) is 0 Å². The molecule has 0 spiro atoms. The summed E-state index contributed by atoms with van der Waals surface area (Å²) in [5.74, 6) is 0.662. The maximum Gasteiger partial charge on any atom is 0.0400 e. The Balaban J connectivity index is 3.31. The maximum atomic E-state index is 5.76. The highest BCUT2D eigenvalue weighted by Gasteiger charge is 2.13. The lowest BCUT2D eigenvalue weighted by Gasteiger charge is -2.23. The van der Waals surface area contributed by atoms with Crippen LogP contribution in [0, 0.1) is 0 Å². The molecule has 3 heteroatoms. The highest BCUT2D eigenvalue weighted by atomic mass is 35.5. The Bertz CT molecular complexity index is 113. The first kappa shape index (κ1) is 12.2. The summed E-state index contributed by atoms with van der Waals surface area (Å²) >= 11 is 5.76. The highest BCUT2D eigenvalue weighted by molar-refractivity contribution is 6.18. The predicted octanol–water partition coefficient (Wildman–Crippen LogP) is 1.55. The summed E-state index contributed by atoms with van der Waals surface area (Å²) in [4.78, 5) is 2.19. The van der Waals surface area contributed by atoms with Gasteiger partial charge in [0.05, 0.1) is 0 Å². The van der Waals surface area contributed by atoms with Crippen molar-refractivity contribution >= 4 is 11.6 Å². The van der Waals surface area contributed by atoms with E-state index in [9.17, 15) is 0 Å². The van der Waals surface area contributed by atoms with Crippen LogP contribution in [0.1, 0.15) is 20.3 Å². The van der Waals surface area contributed by atoms with E-state index in [0.29, 0.717) is 5.88 Å². The Labute approximate surface area is 81.3 Å². The maximum absolute atomic E-state index is 5.76. The zero-order valence-electron chi connectivity index (χ0n) is 8.65. The summed E-state index contributed by atoms with van der Waals surface area (Å²) in [6, 6.07) is 0. The quantitative estimate of drug-likeness (QED) is 0.508. The van der Waals surface area contributed by atoms with Gasteiger partial charge in [0.25, 0.3) is 0 Å². The zero-order valence-corrected chi connectivity index (χ0v) is 9.41. The van der Waals surface area contributed by atoms with Crippen LogP contribution in [0.4, 0.5) is 0 Å². The SMILES string of the molecule is CN(C)CCCNC(C)(C)CCl. The topological polar surface area (TPSA) is 15.3 Å². The van der Waals surface area contributed by atoms with E-state index >= 15 is 0 Å². The lowest BCUT2D eigenvalue weighted by atomic mass is 10.1. The minimum Gasteiger partial charge on any atom is -0.311 e. The first-order valence-electron chi connectivity index (χ1n) is 4.44. The van der Waals surface area contributed by atoms with E-state index < -0.39 is 0 Å². The van der Waals surface area contributed by atoms with E-state index in [-0.39, 0.29) is 5.54 Å². The van der Waals surface area contributed by atoms with Gasteiger partial charge >= 0.3 is 0 Å². The molecule has 12 heavy (non-hydrogen) atoms. The second kappa shape index (κ2) is 5.79. The number of halogens is 1. The monoisotopic (exact) mass is 192 g/mol. The molecule has 0 aromatic rings. The summed E-state index contributed by atoms with van der Waals surface area (Å²) in [5, 5.41) is 3.41. The third-order valence-corrected chi connectivity index (χ3v) is 2.39. The molecule has 0 aromatic heterocycles. The highest BCUT2D eigenvalue weighted by Crippen LogP contribution is 2.03. The Morgan fingerprint density at radius 3 is 2.33 bits per heavy atom. The molecular formula is C9H21ClN2. The second-order valence-corrected chi connectivity index (χ2v) is 4.37. The lowest BCUT2D eigenvalue weighted by molar-refractivity contribution is 0.367. The van der Waals surface area contributed by atoms with Crippen molar-refractivity contribution in [1.82, 2.24) is 10.2 Å². The van der Waals surface area contributed by atoms with Gasteiger partial charge in [-0.3, -0.25) is 0 Å². The molecule has 0 aliphatic rings. The standard InChI is InChI=1S/C9H21ClN2/c1-9(2,8-10)11-6-5-7-12(3)4/h11H,5-8H2,1-4H3. The van der Waals surface area contributed by atoms with Gasteiger partial charge in [0.1, 0.15) is 0 Å². The summed E-state index contributed by atoms with van der Waals surface area (Å²) in [5.41, 5.74) is 0.0773. The van der Waals surface area contributed by atoms with Gasteiger partial charge in [-0.1, -0.05) is 0 Å². The Kier molecular flexibility index (Phi) is 5.89. The van der Waals surface area contributed by atoms with Crippen molar-refractivity contribution in [1.29, 1.82) is 0 Å². The molecule has 2 nitrogen and oxygen atoms in total. The minimum absolute atomic E-state index is 0.0773. The summed E-state index contributed by atoms with van der Waals surface area (Å²) in [6.07, 6.45) is 1.17. The molecule has 0 fully saturated rings. The molecule has 74 valence electrons. The van der Waals surface area contributed by atoms with Gasteiger partial charge in [-0.25, -0.2) is 0 Å². The van der Waals surface area contributed by atoms with Gasteiger partial charge in [0, 0.05) is 11.4 Å². The third kappa shape index (κ3) is 6.89. The fraction of sp³-hybridized carbons (Fsp3) is 1.00. The molecule has 0 heterocycles. The van der Waals surface area contributed by atoms with Crippen LogP contribution in [-0.2, 0) is 0 Å². The molecule has 0 atom stereocenters. The van der Waals surface area contributed by atoms with Crippen LogP contribution in [0.3, 0.4) is 0 Å². The van der Waals surface area contributed by atoms with Gasteiger partial charge < -0.3 is 10.2 Å². The fourth-order valence-corrected chi connectivity index (χ4v) is 0.964. The van der Waals surface area contributed by atoms with Crippen LogP contribution < -0.4 is 5.32 Å². The molecule has 0 saturated heterocycles. The molecule has 0 aromatic carbocycles. The number of hydrogen-bond donors (Lipinski definition) is 1. The normalized spacial score (nSPS) is 12.5. The number of alkyl halides is 1. The molecule has 0 radical (unpaired) electrons. The minimum atomic E-state index is 0.0773. The smallest absolute Gasteiger partial charge is 0.0400 e. The van der Waals surface area contributed by atoms with Gasteiger partial charge in [-0.05, 0) is 47.5 Å². The molecule has 0 saturated carbocycles. The van der Waals surface area contributed by atoms with E-state index in [1.165, 1.54) is 6.42 Å². The molecule has 0 bridgehead atoms. The average Bonchev–Trinajstić information content (AvgIpc) is 1.98. The predicted molar refractivity (Wildman–Crippen MR) is 56.0 cm³/mol. The average molecular weight is 193 g/mol. The fourth-order valence-electron chi connectivity index (χ4n) is 0.869. The van der Waals surface area contributed by atoms with Crippen LogP contribution in [0.2, 0.25) is 0 Å².